The molecule has 17 heavy (non-hydrogen) atoms. The molecule has 0 aliphatic heterocycles. The van der Waals surface area contributed by atoms with Crippen molar-refractivity contribution in [3.05, 3.63) is 0 Å². The van der Waals surface area contributed by atoms with Gasteiger partial charge in [0.05, 0.1) is 0 Å². The Morgan fingerprint density at radius 2 is 2.12 bits per heavy atom. The molecule has 0 heterocycles. The Labute approximate surface area is 107 Å². The van der Waals surface area contributed by atoms with Crippen molar-refractivity contribution >= 4 is 0 Å². The van der Waals surface area contributed by atoms with Crippen molar-refractivity contribution in [2.24, 2.45) is 17.8 Å². The van der Waals surface area contributed by atoms with Crippen LogP contribution in [0.2, 0.25) is 0 Å². The summed E-state index contributed by atoms with van der Waals surface area (Å²) >= 11 is 0. The lowest BCUT2D eigenvalue weighted by atomic mass is 9.88. The molecule has 1 N–H and O–H groups in total. The fourth-order valence-electron chi connectivity index (χ4n) is 4.00. The van der Waals surface area contributed by atoms with Gasteiger partial charge in [0.25, 0.3) is 0 Å². The largest absolute Gasteiger partial charge is 0.313 e. The molecule has 0 saturated heterocycles. The summed E-state index contributed by atoms with van der Waals surface area (Å²) in [5.74, 6) is 3.17. The molecular formula is C15H30N2. The van der Waals surface area contributed by atoms with Crippen molar-refractivity contribution in [1.29, 1.82) is 0 Å². The van der Waals surface area contributed by atoms with Crippen LogP contribution in [0.3, 0.4) is 0 Å². The van der Waals surface area contributed by atoms with Gasteiger partial charge >= 0.3 is 0 Å². The minimum atomic E-state index is 0.638. The minimum Gasteiger partial charge on any atom is -0.313 e. The Morgan fingerprint density at radius 3 is 2.71 bits per heavy atom. The van der Waals surface area contributed by atoms with Crippen LogP contribution >= 0.6 is 0 Å². The third-order valence-corrected chi connectivity index (χ3v) is 4.76. The van der Waals surface area contributed by atoms with Gasteiger partial charge in [0.1, 0.15) is 0 Å². The molecule has 100 valence electrons. The van der Waals surface area contributed by atoms with Crippen LogP contribution in [-0.2, 0) is 0 Å². The van der Waals surface area contributed by atoms with Crippen LogP contribution in [-0.4, -0.2) is 37.6 Å². The zero-order valence-corrected chi connectivity index (χ0v) is 11.9. The first-order valence-electron chi connectivity index (χ1n) is 7.61. The second-order valence-electron chi connectivity index (χ2n) is 6.51. The third kappa shape index (κ3) is 3.69. The van der Waals surface area contributed by atoms with E-state index in [-0.39, 0.29) is 0 Å². The zero-order chi connectivity index (χ0) is 12.3. The summed E-state index contributed by atoms with van der Waals surface area (Å²) < 4.78 is 0. The first kappa shape index (κ1) is 13.4. The average Bonchev–Trinajstić information content (AvgIpc) is 2.87. The first-order chi connectivity index (χ1) is 8.19. The third-order valence-electron chi connectivity index (χ3n) is 4.76. The lowest BCUT2D eigenvalue weighted by Crippen LogP contribution is -2.40. The highest BCUT2D eigenvalue weighted by Gasteiger charge is 2.39. The molecule has 0 spiro atoms. The van der Waals surface area contributed by atoms with Gasteiger partial charge in [-0.25, -0.2) is 0 Å². The highest BCUT2D eigenvalue weighted by Crippen LogP contribution is 2.48. The van der Waals surface area contributed by atoms with Crippen LogP contribution in [0.15, 0.2) is 0 Å². The topological polar surface area (TPSA) is 15.3 Å². The molecule has 0 aromatic rings. The number of rotatable bonds is 7. The maximum absolute atomic E-state index is 3.58. The van der Waals surface area contributed by atoms with Gasteiger partial charge < -0.3 is 10.2 Å². The van der Waals surface area contributed by atoms with Crippen molar-refractivity contribution in [3.8, 4) is 0 Å². The molecule has 2 heteroatoms. The summed E-state index contributed by atoms with van der Waals surface area (Å²) in [6.07, 6.45) is 7.35. The average molecular weight is 238 g/mol. The molecule has 4 unspecified atom stereocenters. The lowest BCUT2D eigenvalue weighted by Gasteiger charge is -2.29. The van der Waals surface area contributed by atoms with E-state index in [0.717, 1.165) is 24.3 Å². The maximum atomic E-state index is 3.58. The van der Waals surface area contributed by atoms with Crippen LogP contribution in [0.4, 0.5) is 0 Å². The molecule has 2 bridgehead atoms. The predicted molar refractivity (Wildman–Crippen MR) is 74.2 cm³/mol. The van der Waals surface area contributed by atoms with Crippen molar-refractivity contribution < 1.29 is 0 Å². The van der Waals surface area contributed by atoms with E-state index in [0.29, 0.717) is 6.04 Å². The van der Waals surface area contributed by atoms with Crippen LogP contribution in [0.5, 0.6) is 0 Å². The highest BCUT2D eigenvalue weighted by molar-refractivity contribution is 4.91. The van der Waals surface area contributed by atoms with Crippen molar-refractivity contribution in [3.63, 3.8) is 0 Å². The predicted octanol–water partition coefficient (Wildman–Crippen LogP) is 2.74. The Balaban J connectivity index is 1.65. The number of fused-ring (bicyclic) bond motifs is 2. The monoisotopic (exact) mass is 238 g/mol. The van der Waals surface area contributed by atoms with Gasteiger partial charge in [0.2, 0.25) is 0 Å². The van der Waals surface area contributed by atoms with Gasteiger partial charge in [0.15, 0.2) is 0 Å². The smallest absolute Gasteiger partial charge is 0.0166 e. The molecule has 2 saturated carbocycles. The molecule has 2 nitrogen and oxygen atoms in total. The molecule has 4 atom stereocenters. The zero-order valence-electron chi connectivity index (χ0n) is 11.9. The van der Waals surface area contributed by atoms with Crippen LogP contribution in [0.25, 0.3) is 0 Å². The molecule has 2 aliphatic rings. The summed E-state index contributed by atoms with van der Waals surface area (Å²) in [5.41, 5.74) is 0. The van der Waals surface area contributed by atoms with E-state index >= 15 is 0 Å². The molecule has 2 fully saturated rings. The Kier molecular flexibility index (Phi) is 4.87. The highest BCUT2D eigenvalue weighted by atomic mass is 15.1. The Bertz CT molecular complexity index is 229. The molecule has 0 amide bonds. The van der Waals surface area contributed by atoms with Crippen LogP contribution < -0.4 is 5.32 Å². The summed E-state index contributed by atoms with van der Waals surface area (Å²) in [6, 6.07) is 0.638. The number of nitrogens with one attached hydrogen (secondary N) is 1. The first-order valence-corrected chi connectivity index (χ1v) is 7.61. The lowest BCUT2D eigenvalue weighted by molar-refractivity contribution is 0.207. The molecule has 0 radical (unpaired) electrons. The molecule has 2 rings (SSSR count). The number of hydrogen-bond acceptors (Lipinski definition) is 2. The fraction of sp³-hybridized carbons (Fsp3) is 1.00. The molecule has 0 aromatic heterocycles. The van der Waals surface area contributed by atoms with E-state index in [2.05, 4.69) is 31.1 Å². The van der Waals surface area contributed by atoms with E-state index in [1.807, 2.05) is 0 Å². The van der Waals surface area contributed by atoms with Gasteiger partial charge in [-0.1, -0.05) is 13.3 Å². The standard InChI is InChI=1S/C15H30N2/c1-4-7-16-12(2)10-17(3)11-15-9-13-5-6-14(15)8-13/h12-16H,4-11H2,1-3H3. The van der Waals surface area contributed by atoms with E-state index in [9.17, 15) is 0 Å². The molecule has 0 aromatic carbocycles. The van der Waals surface area contributed by atoms with Gasteiger partial charge in [-0.3, -0.25) is 0 Å². The molecule has 2 aliphatic carbocycles. The second-order valence-corrected chi connectivity index (χ2v) is 6.51. The van der Waals surface area contributed by atoms with Gasteiger partial charge in [-0.15, -0.1) is 0 Å². The van der Waals surface area contributed by atoms with E-state index in [1.54, 1.807) is 6.42 Å². The van der Waals surface area contributed by atoms with E-state index < -0.39 is 0 Å². The van der Waals surface area contributed by atoms with Gasteiger partial charge in [0, 0.05) is 19.1 Å². The van der Waals surface area contributed by atoms with Crippen LogP contribution in [0, 0.1) is 17.8 Å². The number of hydrogen-bond donors (Lipinski definition) is 1. The van der Waals surface area contributed by atoms with Crippen molar-refractivity contribution in [1.82, 2.24) is 10.2 Å². The quantitative estimate of drug-likeness (QED) is 0.733. The summed E-state index contributed by atoms with van der Waals surface area (Å²) in [5, 5.41) is 3.58. The fourth-order valence-corrected chi connectivity index (χ4v) is 4.00. The summed E-state index contributed by atoms with van der Waals surface area (Å²) in [6.45, 7) is 8.24. The van der Waals surface area contributed by atoms with Crippen molar-refractivity contribution in [2.45, 2.75) is 52.0 Å². The second kappa shape index (κ2) is 6.19. The van der Waals surface area contributed by atoms with Gasteiger partial charge in [-0.05, 0) is 64.0 Å². The van der Waals surface area contributed by atoms with E-state index in [1.165, 1.54) is 38.8 Å². The minimum absolute atomic E-state index is 0.638. The van der Waals surface area contributed by atoms with Crippen molar-refractivity contribution in [2.75, 3.05) is 26.7 Å². The summed E-state index contributed by atoms with van der Waals surface area (Å²) in [7, 11) is 2.30. The van der Waals surface area contributed by atoms with Crippen LogP contribution in [0.1, 0.15) is 46.0 Å². The molecular weight excluding hydrogens is 208 g/mol. The maximum Gasteiger partial charge on any atom is 0.0166 e. The normalized spacial score (nSPS) is 33.5. The Hall–Kier alpha value is -0.0800. The summed E-state index contributed by atoms with van der Waals surface area (Å²) in [4.78, 5) is 2.55. The van der Waals surface area contributed by atoms with Gasteiger partial charge in [-0.2, -0.15) is 0 Å². The number of likely N-dealkylation sites (N-methyl/N-ethyl adjacent to an activating group) is 1. The van der Waals surface area contributed by atoms with E-state index in [4.69, 9.17) is 0 Å². The number of nitrogens with zero attached hydrogens (tertiary/aromatic N) is 1. The Morgan fingerprint density at radius 1 is 1.29 bits per heavy atom. The SMILES string of the molecule is CCCNC(C)CN(C)CC1CC2CCC1C2.